The zero-order chi connectivity index (χ0) is 15.7. The van der Waals surface area contributed by atoms with Crippen molar-refractivity contribution in [3.8, 4) is 0 Å². The fourth-order valence-corrected chi connectivity index (χ4v) is 2.07. The summed E-state index contributed by atoms with van der Waals surface area (Å²) < 4.78 is 0. The van der Waals surface area contributed by atoms with E-state index >= 15 is 0 Å². The summed E-state index contributed by atoms with van der Waals surface area (Å²) in [5.74, 6) is 1.02. The van der Waals surface area contributed by atoms with E-state index in [9.17, 15) is 0 Å². The van der Waals surface area contributed by atoms with Gasteiger partial charge in [0.15, 0.2) is 0 Å². The van der Waals surface area contributed by atoms with Gasteiger partial charge >= 0.3 is 0 Å². The number of hydrogen-bond acceptors (Lipinski definition) is 1. The third kappa shape index (κ3) is 4.63. The molecule has 0 fully saturated rings. The van der Waals surface area contributed by atoms with Gasteiger partial charge in [0.25, 0.3) is 0 Å². The van der Waals surface area contributed by atoms with Crippen LogP contribution in [-0.4, -0.2) is 4.98 Å². The van der Waals surface area contributed by atoms with E-state index in [1.165, 1.54) is 16.6 Å². The average molecular weight is 273 g/mol. The summed E-state index contributed by atoms with van der Waals surface area (Å²) in [6, 6.07) is 10.6. The Kier molecular flexibility index (Phi) is 8.87. The van der Waals surface area contributed by atoms with E-state index < -0.39 is 0 Å². The van der Waals surface area contributed by atoms with E-state index in [-0.39, 0.29) is 0 Å². The number of fused-ring (bicyclic) bond motifs is 1. The van der Waals surface area contributed by atoms with Crippen molar-refractivity contribution in [3.63, 3.8) is 0 Å². The number of nitrogens with zero attached hydrogens (tertiary/aromatic N) is 1. The van der Waals surface area contributed by atoms with Gasteiger partial charge in [0.05, 0.1) is 5.52 Å². The molecule has 0 saturated heterocycles. The Morgan fingerprint density at radius 2 is 1.35 bits per heavy atom. The van der Waals surface area contributed by atoms with Gasteiger partial charge in [0, 0.05) is 11.1 Å². The largest absolute Gasteiger partial charge is 0.252 e. The molecular formula is C19H31N. The van der Waals surface area contributed by atoms with E-state index in [0.29, 0.717) is 11.8 Å². The highest BCUT2D eigenvalue weighted by atomic mass is 14.7. The molecular weight excluding hydrogens is 242 g/mol. The highest BCUT2D eigenvalue weighted by molar-refractivity contribution is 5.79. The maximum atomic E-state index is 4.80. The molecule has 0 bridgehead atoms. The van der Waals surface area contributed by atoms with Crippen LogP contribution in [0.5, 0.6) is 0 Å². The van der Waals surface area contributed by atoms with Crippen LogP contribution in [0.3, 0.4) is 0 Å². The zero-order valence-electron chi connectivity index (χ0n) is 14.5. The van der Waals surface area contributed by atoms with E-state index in [2.05, 4.69) is 58.0 Å². The molecule has 20 heavy (non-hydrogen) atoms. The fraction of sp³-hybridized carbons (Fsp3) is 0.526. The lowest BCUT2D eigenvalue weighted by molar-refractivity contribution is 0.764. The van der Waals surface area contributed by atoms with E-state index in [0.717, 1.165) is 5.52 Å². The SMILES string of the molecule is CC.CC.CC(C)c1cc2ccccc2nc1C(C)C. The Hall–Kier alpha value is -1.37. The van der Waals surface area contributed by atoms with Crippen LogP contribution < -0.4 is 0 Å². The Bertz CT molecular complexity index is 452. The van der Waals surface area contributed by atoms with Gasteiger partial charge in [-0.15, -0.1) is 0 Å². The van der Waals surface area contributed by atoms with E-state index in [4.69, 9.17) is 4.98 Å². The number of hydrogen-bond donors (Lipinski definition) is 0. The topological polar surface area (TPSA) is 12.9 Å². The average Bonchev–Trinajstić information content (AvgIpc) is 2.49. The Morgan fingerprint density at radius 3 is 1.85 bits per heavy atom. The van der Waals surface area contributed by atoms with Crippen molar-refractivity contribution in [1.82, 2.24) is 4.98 Å². The molecule has 0 aliphatic rings. The third-order valence-electron chi connectivity index (χ3n) is 2.95. The first-order valence-electron chi connectivity index (χ1n) is 7.99. The highest BCUT2D eigenvalue weighted by Gasteiger charge is 2.12. The Labute approximate surface area is 125 Å². The van der Waals surface area contributed by atoms with E-state index in [1.54, 1.807) is 0 Å². The standard InChI is InChI=1S/C15H19N.2C2H6/c1-10(2)13-9-12-7-5-6-8-14(12)16-15(13)11(3)4;2*1-2/h5-11H,1-4H3;2*1-2H3. The van der Waals surface area contributed by atoms with Crippen molar-refractivity contribution in [1.29, 1.82) is 0 Å². The molecule has 0 aliphatic heterocycles. The second-order valence-electron chi connectivity index (χ2n) is 4.96. The molecule has 2 rings (SSSR count). The molecule has 0 atom stereocenters. The molecule has 1 aromatic carbocycles. The van der Waals surface area contributed by atoms with Crippen LogP contribution in [-0.2, 0) is 0 Å². The molecule has 112 valence electrons. The second kappa shape index (κ2) is 9.52. The van der Waals surface area contributed by atoms with E-state index in [1.807, 2.05) is 27.7 Å². The summed E-state index contributed by atoms with van der Waals surface area (Å²) >= 11 is 0. The van der Waals surface area contributed by atoms with Crippen LogP contribution in [0.2, 0.25) is 0 Å². The Balaban J connectivity index is 0.000000829. The van der Waals surface area contributed by atoms with Crippen LogP contribution >= 0.6 is 0 Å². The maximum absolute atomic E-state index is 4.80. The lowest BCUT2D eigenvalue weighted by Gasteiger charge is -2.15. The van der Waals surface area contributed by atoms with Crippen molar-refractivity contribution in [2.75, 3.05) is 0 Å². The predicted molar refractivity (Wildman–Crippen MR) is 92.6 cm³/mol. The maximum Gasteiger partial charge on any atom is 0.0705 e. The number of pyridine rings is 1. The molecule has 1 nitrogen and oxygen atoms in total. The molecule has 0 aliphatic carbocycles. The molecule has 1 aromatic heterocycles. The number of rotatable bonds is 2. The zero-order valence-corrected chi connectivity index (χ0v) is 14.5. The first-order chi connectivity index (χ1) is 9.59. The third-order valence-corrected chi connectivity index (χ3v) is 2.95. The van der Waals surface area contributed by atoms with Gasteiger partial charge in [-0.2, -0.15) is 0 Å². The lowest BCUT2D eigenvalue weighted by Crippen LogP contribution is -2.02. The quantitative estimate of drug-likeness (QED) is 0.606. The van der Waals surface area contributed by atoms with Crippen molar-refractivity contribution in [3.05, 3.63) is 41.6 Å². The van der Waals surface area contributed by atoms with Gasteiger partial charge in [-0.25, -0.2) is 0 Å². The summed E-state index contributed by atoms with van der Waals surface area (Å²) in [6.07, 6.45) is 0. The van der Waals surface area contributed by atoms with Crippen LogP contribution in [0.15, 0.2) is 30.3 Å². The van der Waals surface area contributed by atoms with Crippen LogP contribution in [0, 0.1) is 0 Å². The van der Waals surface area contributed by atoms with Crippen LogP contribution in [0.4, 0.5) is 0 Å². The van der Waals surface area contributed by atoms with Gasteiger partial charge in [0.2, 0.25) is 0 Å². The van der Waals surface area contributed by atoms with Crippen molar-refractivity contribution < 1.29 is 0 Å². The monoisotopic (exact) mass is 273 g/mol. The fourth-order valence-electron chi connectivity index (χ4n) is 2.07. The molecule has 0 spiro atoms. The minimum absolute atomic E-state index is 0.488. The number of para-hydroxylation sites is 1. The molecule has 0 unspecified atom stereocenters. The second-order valence-corrected chi connectivity index (χ2v) is 4.96. The first-order valence-corrected chi connectivity index (χ1v) is 7.99. The van der Waals surface area contributed by atoms with Crippen molar-refractivity contribution >= 4 is 10.9 Å². The normalized spacial score (nSPS) is 9.90. The molecule has 0 saturated carbocycles. The van der Waals surface area contributed by atoms with Gasteiger partial charge < -0.3 is 0 Å². The molecule has 2 aromatic rings. The van der Waals surface area contributed by atoms with Crippen LogP contribution in [0.1, 0.15) is 78.5 Å². The highest BCUT2D eigenvalue weighted by Crippen LogP contribution is 2.27. The van der Waals surface area contributed by atoms with Crippen LogP contribution in [0.25, 0.3) is 10.9 Å². The number of benzene rings is 1. The summed E-state index contributed by atoms with van der Waals surface area (Å²) in [7, 11) is 0. The van der Waals surface area contributed by atoms with Gasteiger partial charge in [-0.3, -0.25) is 4.98 Å². The van der Waals surface area contributed by atoms with Gasteiger partial charge in [-0.05, 0) is 29.5 Å². The lowest BCUT2D eigenvalue weighted by atomic mass is 9.94. The molecule has 0 N–H and O–H groups in total. The van der Waals surface area contributed by atoms with Crippen molar-refractivity contribution in [2.45, 2.75) is 67.2 Å². The molecule has 1 heteroatoms. The summed E-state index contributed by atoms with van der Waals surface area (Å²) in [5, 5.41) is 1.25. The number of aromatic nitrogens is 1. The summed E-state index contributed by atoms with van der Waals surface area (Å²) in [4.78, 5) is 4.80. The summed E-state index contributed by atoms with van der Waals surface area (Å²) in [6.45, 7) is 16.9. The van der Waals surface area contributed by atoms with Gasteiger partial charge in [-0.1, -0.05) is 73.6 Å². The smallest absolute Gasteiger partial charge is 0.0705 e. The Morgan fingerprint density at radius 1 is 0.800 bits per heavy atom. The molecule has 1 heterocycles. The van der Waals surface area contributed by atoms with Crippen molar-refractivity contribution in [2.24, 2.45) is 0 Å². The molecule has 0 amide bonds. The summed E-state index contributed by atoms with van der Waals surface area (Å²) in [5.41, 5.74) is 3.73. The minimum Gasteiger partial charge on any atom is -0.252 e. The first kappa shape index (κ1) is 18.6. The van der Waals surface area contributed by atoms with Gasteiger partial charge in [0.1, 0.15) is 0 Å². The molecule has 0 radical (unpaired) electrons. The predicted octanol–water partition coefficient (Wildman–Crippen LogP) is 6.53. The minimum atomic E-state index is 0.488.